The van der Waals surface area contributed by atoms with Gasteiger partial charge in [0.25, 0.3) is 0 Å². The van der Waals surface area contributed by atoms with E-state index in [1.165, 1.54) is 0 Å². The summed E-state index contributed by atoms with van der Waals surface area (Å²) in [5.74, 6) is 1.42. The summed E-state index contributed by atoms with van der Waals surface area (Å²) in [6.07, 6.45) is 0. The number of benzene rings is 1. The fraction of sp³-hybridized carbons (Fsp3) is 0.467. The second kappa shape index (κ2) is 5.93. The van der Waals surface area contributed by atoms with Crippen molar-refractivity contribution in [2.24, 2.45) is 0 Å². The van der Waals surface area contributed by atoms with Gasteiger partial charge in [0, 0.05) is 20.2 Å². The van der Waals surface area contributed by atoms with Crippen LogP contribution in [0.5, 0.6) is 5.75 Å². The molecule has 5 nitrogen and oxygen atoms in total. The summed E-state index contributed by atoms with van der Waals surface area (Å²) in [6.45, 7) is 3.71. The molecular formula is C15H20ClN3O2. The Morgan fingerprint density at radius 3 is 2.57 bits per heavy atom. The first-order chi connectivity index (χ1) is 9.86. The standard InChI is InChI=1S/C15H20ClN3O2/c1-9(16)14-17-12-8-11(21-5)6-7-13(12)19(14)10(2)15(20)18(3)4/h6-10H,1-5H3. The molecule has 0 saturated carbocycles. The van der Waals surface area contributed by atoms with Crippen LogP contribution in [0.2, 0.25) is 0 Å². The van der Waals surface area contributed by atoms with Crippen molar-refractivity contribution in [3.63, 3.8) is 0 Å². The summed E-state index contributed by atoms with van der Waals surface area (Å²) in [5.41, 5.74) is 1.65. The molecule has 1 amide bonds. The van der Waals surface area contributed by atoms with Crippen LogP contribution in [0.3, 0.4) is 0 Å². The number of alkyl halides is 1. The van der Waals surface area contributed by atoms with E-state index in [0.29, 0.717) is 5.82 Å². The van der Waals surface area contributed by atoms with E-state index in [2.05, 4.69) is 4.98 Å². The number of hydrogen-bond acceptors (Lipinski definition) is 3. The third kappa shape index (κ3) is 2.83. The lowest BCUT2D eigenvalue weighted by atomic mass is 10.2. The molecule has 1 heterocycles. The molecule has 2 rings (SSSR count). The lowest BCUT2D eigenvalue weighted by Gasteiger charge is -2.21. The van der Waals surface area contributed by atoms with Gasteiger partial charge in [0.05, 0.1) is 23.5 Å². The lowest BCUT2D eigenvalue weighted by Crippen LogP contribution is -2.30. The maximum atomic E-state index is 12.3. The summed E-state index contributed by atoms with van der Waals surface area (Å²) in [5, 5.41) is -0.291. The Morgan fingerprint density at radius 2 is 2.05 bits per heavy atom. The predicted molar refractivity (Wildman–Crippen MR) is 84.0 cm³/mol. The quantitative estimate of drug-likeness (QED) is 0.816. The van der Waals surface area contributed by atoms with Gasteiger partial charge in [0.15, 0.2) is 0 Å². The zero-order valence-corrected chi connectivity index (χ0v) is 13.7. The van der Waals surface area contributed by atoms with E-state index in [-0.39, 0.29) is 17.3 Å². The van der Waals surface area contributed by atoms with Crippen molar-refractivity contribution in [1.29, 1.82) is 0 Å². The number of amides is 1. The van der Waals surface area contributed by atoms with Crippen molar-refractivity contribution >= 4 is 28.5 Å². The summed E-state index contributed by atoms with van der Waals surface area (Å²) < 4.78 is 7.12. The van der Waals surface area contributed by atoms with Gasteiger partial charge in [0.2, 0.25) is 5.91 Å². The fourth-order valence-corrected chi connectivity index (χ4v) is 2.55. The molecule has 0 saturated heterocycles. The average Bonchev–Trinajstić information content (AvgIpc) is 2.83. The van der Waals surface area contributed by atoms with Crippen LogP contribution < -0.4 is 4.74 Å². The van der Waals surface area contributed by atoms with Crippen LogP contribution >= 0.6 is 11.6 Å². The molecular weight excluding hydrogens is 290 g/mol. The van der Waals surface area contributed by atoms with Crippen molar-refractivity contribution in [3.8, 4) is 5.75 Å². The van der Waals surface area contributed by atoms with E-state index in [1.807, 2.05) is 36.6 Å². The molecule has 0 aliphatic rings. The molecule has 0 bridgehead atoms. The summed E-state index contributed by atoms with van der Waals surface area (Å²) >= 11 is 6.24. The minimum absolute atomic E-state index is 0.00341. The van der Waals surface area contributed by atoms with E-state index in [9.17, 15) is 4.79 Å². The van der Waals surface area contributed by atoms with Crippen LogP contribution in [0, 0.1) is 0 Å². The minimum atomic E-state index is -0.366. The Labute approximate surface area is 129 Å². The number of aromatic nitrogens is 2. The third-order valence-corrected chi connectivity index (χ3v) is 3.66. The van der Waals surface area contributed by atoms with Crippen LogP contribution in [-0.4, -0.2) is 41.6 Å². The van der Waals surface area contributed by atoms with Gasteiger partial charge in [-0.05, 0) is 26.0 Å². The Morgan fingerprint density at radius 1 is 1.38 bits per heavy atom. The molecule has 0 N–H and O–H groups in total. The Hall–Kier alpha value is -1.75. The van der Waals surface area contributed by atoms with Gasteiger partial charge < -0.3 is 14.2 Å². The molecule has 21 heavy (non-hydrogen) atoms. The van der Waals surface area contributed by atoms with E-state index in [4.69, 9.17) is 16.3 Å². The molecule has 0 aliphatic carbocycles. The highest BCUT2D eigenvalue weighted by Gasteiger charge is 2.24. The van der Waals surface area contributed by atoms with E-state index in [1.54, 1.807) is 26.1 Å². The normalized spacial score (nSPS) is 14.0. The second-order valence-electron chi connectivity index (χ2n) is 5.22. The average molecular weight is 310 g/mol. The van der Waals surface area contributed by atoms with Crippen molar-refractivity contribution in [1.82, 2.24) is 14.5 Å². The number of carbonyl (C=O) groups is 1. The number of imidazole rings is 1. The molecule has 114 valence electrons. The van der Waals surface area contributed by atoms with Crippen LogP contribution in [0.15, 0.2) is 18.2 Å². The van der Waals surface area contributed by atoms with Crippen molar-refractivity contribution in [2.75, 3.05) is 21.2 Å². The molecule has 1 aromatic carbocycles. The van der Waals surface area contributed by atoms with E-state index < -0.39 is 0 Å². The number of carbonyl (C=O) groups excluding carboxylic acids is 1. The van der Waals surface area contributed by atoms with Gasteiger partial charge in [-0.3, -0.25) is 4.79 Å². The highest BCUT2D eigenvalue weighted by molar-refractivity contribution is 6.20. The number of hydrogen-bond donors (Lipinski definition) is 0. The summed E-state index contributed by atoms with van der Waals surface area (Å²) in [6, 6.07) is 5.25. The molecule has 0 spiro atoms. The zero-order valence-electron chi connectivity index (χ0n) is 12.9. The predicted octanol–water partition coefficient (Wildman–Crippen LogP) is 2.99. The molecule has 6 heteroatoms. The van der Waals surface area contributed by atoms with Crippen LogP contribution in [0.4, 0.5) is 0 Å². The topological polar surface area (TPSA) is 47.4 Å². The smallest absolute Gasteiger partial charge is 0.244 e. The van der Waals surface area contributed by atoms with Crippen molar-refractivity contribution in [2.45, 2.75) is 25.3 Å². The number of nitrogens with zero attached hydrogens (tertiary/aromatic N) is 3. The molecule has 2 atom stereocenters. The summed E-state index contributed by atoms with van der Waals surface area (Å²) in [4.78, 5) is 18.4. The number of ether oxygens (including phenoxy) is 1. The minimum Gasteiger partial charge on any atom is -0.497 e. The summed E-state index contributed by atoms with van der Waals surface area (Å²) in [7, 11) is 5.09. The van der Waals surface area contributed by atoms with Crippen molar-refractivity contribution < 1.29 is 9.53 Å². The van der Waals surface area contributed by atoms with Crippen LogP contribution in [0.1, 0.15) is 31.1 Å². The van der Waals surface area contributed by atoms with E-state index in [0.717, 1.165) is 16.8 Å². The molecule has 1 aromatic heterocycles. The Bertz CT molecular complexity index is 664. The highest BCUT2D eigenvalue weighted by atomic mass is 35.5. The first-order valence-corrected chi connectivity index (χ1v) is 7.21. The number of rotatable bonds is 4. The van der Waals surface area contributed by atoms with Crippen LogP contribution in [-0.2, 0) is 4.79 Å². The van der Waals surface area contributed by atoms with Gasteiger partial charge >= 0.3 is 0 Å². The Kier molecular flexibility index (Phi) is 4.42. The van der Waals surface area contributed by atoms with Gasteiger partial charge in [0.1, 0.15) is 17.6 Å². The molecule has 2 unspecified atom stereocenters. The van der Waals surface area contributed by atoms with E-state index >= 15 is 0 Å². The highest BCUT2D eigenvalue weighted by Crippen LogP contribution is 2.30. The first-order valence-electron chi connectivity index (χ1n) is 6.78. The maximum Gasteiger partial charge on any atom is 0.244 e. The Balaban J connectivity index is 2.64. The molecule has 0 aliphatic heterocycles. The largest absolute Gasteiger partial charge is 0.497 e. The van der Waals surface area contributed by atoms with Gasteiger partial charge in [-0.15, -0.1) is 11.6 Å². The van der Waals surface area contributed by atoms with Crippen molar-refractivity contribution in [3.05, 3.63) is 24.0 Å². The number of halogens is 1. The molecule has 0 fully saturated rings. The third-order valence-electron chi connectivity index (χ3n) is 3.47. The SMILES string of the molecule is COc1ccc2c(c1)nc(C(C)Cl)n2C(C)C(=O)N(C)C. The van der Waals surface area contributed by atoms with Gasteiger partial charge in [-0.2, -0.15) is 0 Å². The number of likely N-dealkylation sites (N-methyl/N-ethyl adjacent to an activating group) is 1. The van der Waals surface area contributed by atoms with Gasteiger partial charge in [-0.1, -0.05) is 0 Å². The second-order valence-corrected chi connectivity index (χ2v) is 5.87. The zero-order chi connectivity index (χ0) is 15.7. The van der Waals surface area contributed by atoms with Crippen LogP contribution in [0.25, 0.3) is 11.0 Å². The molecule has 2 aromatic rings. The maximum absolute atomic E-state index is 12.3. The fourth-order valence-electron chi connectivity index (χ4n) is 2.40. The molecule has 0 radical (unpaired) electrons. The number of fused-ring (bicyclic) bond motifs is 1. The number of methoxy groups -OCH3 is 1. The monoisotopic (exact) mass is 309 g/mol. The van der Waals surface area contributed by atoms with Gasteiger partial charge in [-0.25, -0.2) is 4.98 Å². The lowest BCUT2D eigenvalue weighted by molar-refractivity contribution is -0.131. The first kappa shape index (κ1) is 15.6.